The second-order valence-corrected chi connectivity index (χ2v) is 5.93. The second kappa shape index (κ2) is 8.31. The van der Waals surface area contributed by atoms with Gasteiger partial charge < -0.3 is 10.4 Å². The Kier molecular flexibility index (Phi) is 6.40. The maximum atomic E-state index is 12.7. The molecule has 0 bridgehead atoms. The van der Waals surface area contributed by atoms with Gasteiger partial charge in [0.05, 0.1) is 11.7 Å². The van der Waals surface area contributed by atoms with Crippen LogP contribution in [0.25, 0.3) is 0 Å². The summed E-state index contributed by atoms with van der Waals surface area (Å²) in [4.78, 5) is 0. The summed E-state index contributed by atoms with van der Waals surface area (Å²) in [5, 5.41) is 13.1. The van der Waals surface area contributed by atoms with Crippen molar-refractivity contribution in [1.29, 1.82) is 0 Å². The predicted octanol–water partition coefficient (Wildman–Crippen LogP) is 4.27. The van der Waals surface area contributed by atoms with Crippen LogP contribution < -0.4 is 5.32 Å². The van der Waals surface area contributed by atoms with Crippen molar-refractivity contribution < 1.29 is 18.3 Å². The molecular formula is C19H22F3NO. The highest BCUT2D eigenvalue weighted by molar-refractivity contribution is 5.27. The maximum Gasteiger partial charge on any atom is 0.416 e. The molecule has 2 aromatic carbocycles. The fourth-order valence-electron chi connectivity index (χ4n) is 2.45. The van der Waals surface area contributed by atoms with Crippen LogP contribution in [0, 0.1) is 6.92 Å². The van der Waals surface area contributed by atoms with Crippen molar-refractivity contribution in [2.75, 3.05) is 13.1 Å². The third-order valence-corrected chi connectivity index (χ3v) is 3.88. The highest BCUT2D eigenvalue weighted by Crippen LogP contribution is 2.30. The minimum atomic E-state index is -4.39. The molecule has 2 N–H and O–H groups in total. The molecule has 0 spiro atoms. The molecule has 0 saturated carbocycles. The molecule has 0 fully saturated rings. The monoisotopic (exact) mass is 337 g/mol. The molecule has 2 nitrogen and oxygen atoms in total. The largest absolute Gasteiger partial charge is 0.416 e. The summed E-state index contributed by atoms with van der Waals surface area (Å²) in [7, 11) is 0. The number of rotatable bonds is 7. The van der Waals surface area contributed by atoms with Gasteiger partial charge in [0.25, 0.3) is 0 Å². The predicted molar refractivity (Wildman–Crippen MR) is 88.8 cm³/mol. The van der Waals surface area contributed by atoms with Crippen molar-refractivity contribution in [2.24, 2.45) is 0 Å². The van der Waals surface area contributed by atoms with E-state index >= 15 is 0 Å². The van der Waals surface area contributed by atoms with E-state index in [1.165, 1.54) is 23.3 Å². The summed E-state index contributed by atoms with van der Waals surface area (Å²) in [6, 6.07) is 13.1. The number of aliphatic hydroxyl groups is 1. The summed E-state index contributed by atoms with van der Waals surface area (Å²) in [6.07, 6.45) is -3.52. The van der Waals surface area contributed by atoms with Gasteiger partial charge in [-0.25, -0.2) is 0 Å². The number of aryl methyl sites for hydroxylation is 2. The topological polar surface area (TPSA) is 32.3 Å². The minimum Gasteiger partial charge on any atom is -0.387 e. The van der Waals surface area contributed by atoms with Gasteiger partial charge in [-0.3, -0.25) is 0 Å². The zero-order valence-corrected chi connectivity index (χ0v) is 13.6. The summed E-state index contributed by atoms with van der Waals surface area (Å²) in [5.74, 6) is 0. The molecule has 0 saturated heterocycles. The number of hydrogen-bond acceptors (Lipinski definition) is 2. The molecular weight excluding hydrogens is 315 g/mol. The van der Waals surface area contributed by atoms with Gasteiger partial charge in [-0.05, 0) is 49.6 Å². The maximum absolute atomic E-state index is 12.7. The van der Waals surface area contributed by atoms with E-state index in [1.807, 2.05) is 6.92 Å². The number of alkyl halides is 3. The molecule has 0 heterocycles. The van der Waals surface area contributed by atoms with E-state index in [1.54, 1.807) is 0 Å². The van der Waals surface area contributed by atoms with Crippen molar-refractivity contribution in [2.45, 2.75) is 32.0 Å². The number of aliphatic hydroxyl groups excluding tert-OH is 1. The highest BCUT2D eigenvalue weighted by atomic mass is 19.4. The van der Waals surface area contributed by atoms with Gasteiger partial charge in [0.1, 0.15) is 0 Å². The lowest BCUT2D eigenvalue weighted by Crippen LogP contribution is -2.23. The summed E-state index contributed by atoms with van der Waals surface area (Å²) < 4.78 is 38.0. The first kappa shape index (κ1) is 18.5. The van der Waals surface area contributed by atoms with Crippen LogP contribution in [0.3, 0.4) is 0 Å². The van der Waals surface area contributed by atoms with Crippen LogP contribution in [0.4, 0.5) is 13.2 Å². The summed E-state index contributed by atoms with van der Waals surface area (Å²) in [5.41, 5.74) is 2.01. The van der Waals surface area contributed by atoms with Crippen LogP contribution in [-0.4, -0.2) is 18.2 Å². The molecule has 0 aromatic heterocycles. The Balaban J connectivity index is 1.75. The van der Waals surface area contributed by atoms with Crippen LogP contribution in [-0.2, 0) is 12.6 Å². The normalized spacial score (nSPS) is 13.0. The lowest BCUT2D eigenvalue weighted by molar-refractivity contribution is -0.137. The first-order valence-electron chi connectivity index (χ1n) is 7.98. The second-order valence-electron chi connectivity index (χ2n) is 5.93. The van der Waals surface area contributed by atoms with Crippen molar-refractivity contribution in [1.82, 2.24) is 5.32 Å². The van der Waals surface area contributed by atoms with Gasteiger partial charge in [0.2, 0.25) is 0 Å². The van der Waals surface area contributed by atoms with Gasteiger partial charge in [-0.15, -0.1) is 0 Å². The molecule has 0 radical (unpaired) electrons. The molecule has 1 atom stereocenters. The number of benzene rings is 2. The van der Waals surface area contributed by atoms with E-state index in [4.69, 9.17) is 0 Å². The fourth-order valence-corrected chi connectivity index (χ4v) is 2.45. The van der Waals surface area contributed by atoms with E-state index in [0.717, 1.165) is 25.0 Å². The third kappa shape index (κ3) is 5.65. The third-order valence-electron chi connectivity index (χ3n) is 3.88. The Morgan fingerprint density at radius 1 is 1.08 bits per heavy atom. The fraction of sp³-hybridized carbons (Fsp3) is 0.368. The van der Waals surface area contributed by atoms with Crippen molar-refractivity contribution >= 4 is 0 Å². The highest BCUT2D eigenvalue weighted by Gasteiger charge is 2.30. The van der Waals surface area contributed by atoms with Crippen LogP contribution in [0.1, 0.15) is 34.8 Å². The van der Waals surface area contributed by atoms with Crippen LogP contribution in [0.2, 0.25) is 0 Å². The van der Waals surface area contributed by atoms with Gasteiger partial charge in [-0.2, -0.15) is 13.2 Å². The van der Waals surface area contributed by atoms with Crippen molar-refractivity contribution in [3.8, 4) is 0 Å². The summed E-state index contributed by atoms with van der Waals surface area (Å²) >= 11 is 0. The molecule has 0 aliphatic carbocycles. The Hall–Kier alpha value is -1.85. The summed E-state index contributed by atoms with van der Waals surface area (Å²) in [6.45, 7) is 2.97. The Morgan fingerprint density at radius 3 is 2.46 bits per heavy atom. The Bertz CT molecular complexity index is 638. The van der Waals surface area contributed by atoms with E-state index < -0.39 is 17.8 Å². The standard InChI is InChI=1S/C19H22F3NO/c1-14-7-9-15(10-8-14)4-3-11-23-13-18(24)16-5-2-6-17(12-16)19(20,21)22/h2,5-10,12,18,23-24H,3-4,11,13H2,1H3. The molecule has 0 aliphatic rings. The number of hydrogen-bond donors (Lipinski definition) is 2. The van der Waals surface area contributed by atoms with Crippen LogP contribution in [0.15, 0.2) is 48.5 Å². The van der Waals surface area contributed by atoms with Crippen molar-refractivity contribution in [3.63, 3.8) is 0 Å². The molecule has 0 amide bonds. The molecule has 5 heteroatoms. The van der Waals surface area contributed by atoms with Gasteiger partial charge in [-0.1, -0.05) is 42.0 Å². The van der Waals surface area contributed by atoms with E-state index in [2.05, 4.69) is 29.6 Å². The molecule has 24 heavy (non-hydrogen) atoms. The van der Waals surface area contributed by atoms with Gasteiger partial charge in [0.15, 0.2) is 0 Å². The molecule has 2 rings (SSSR count). The average Bonchev–Trinajstić information content (AvgIpc) is 2.55. The lowest BCUT2D eigenvalue weighted by Gasteiger charge is -2.14. The lowest BCUT2D eigenvalue weighted by atomic mass is 10.1. The minimum absolute atomic E-state index is 0.231. The molecule has 2 aromatic rings. The average molecular weight is 337 g/mol. The van der Waals surface area contributed by atoms with Crippen LogP contribution in [0.5, 0.6) is 0 Å². The van der Waals surface area contributed by atoms with E-state index in [-0.39, 0.29) is 12.1 Å². The van der Waals surface area contributed by atoms with Crippen LogP contribution >= 0.6 is 0 Å². The Morgan fingerprint density at radius 2 is 1.79 bits per heavy atom. The number of halogens is 3. The van der Waals surface area contributed by atoms with E-state index in [9.17, 15) is 18.3 Å². The quantitative estimate of drug-likeness (QED) is 0.740. The zero-order chi connectivity index (χ0) is 17.6. The Labute approximate surface area is 140 Å². The van der Waals surface area contributed by atoms with Gasteiger partial charge >= 0.3 is 6.18 Å². The molecule has 0 aliphatic heterocycles. The zero-order valence-electron chi connectivity index (χ0n) is 13.6. The van der Waals surface area contributed by atoms with Crippen molar-refractivity contribution in [3.05, 3.63) is 70.8 Å². The first-order valence-corrected chi connectivity index (χ1v) is 7.98. The smallest absolute Gasteiger partial charge is 0.387 e. The molecule has 1 unspecified atom stereocenters. The first-order chi connectivity index (χ1) is 11.4. The van der Waals surface area contributed by atoms with E-state index in [0.29, 0.717) is 6.54 Å². The molecule has 130 valence electrons. The SMILES string of the molecule is Cc1ccc(CCCNCC(O)c2cccc(C(F)(F)F)c2)cc1. The number of nitrogens with one attached hydrogen (secondary N) is 1. The van der Waals surface area contributed by atoms with Gasteiger partial charge in [0, 0.05) is 6.54 Å².